The predicted molar refractivity (Wildman–Crippen MR) is 69.4 cm³/mol. The van der Waals surface area contributed by atoms with Crippen LogP contribution in [-0.4, -0.2) is 15.0 Å². The molecule has 18 heavy (non-hydrogen) atoms. The van der Waals surface area contributed by atoms with Crippen molar-refractivity contribution in [2.45, 2.75) is 25.8 Å². The molecule has 1 atom stereocenters. The van der Waals surface area contributed by atoms with Crippen molar-refractivity contribution < 1.29 is 0 Å². The Kier molecular flexibility index (Phi) is 4.33. The second kappa shape index (κ2) is 6.18. The summed E-state index contributed by atoms with van der Waals surface area (Å²) in [5.74, 6) is 5.56. The van der Waals surface area contributed by atoms with Gasteiger partial charge in [0.15, 0.2) is 0 Å². The summed E-state index contributed by atoms with van der Waals surface area (Å²) in [6.45, 7) is 2.11. The summed E-state index contributed by atoms with van der Waals surface area (Å²) in [7, 11) is 0. The molecule has 94 valence electrons. The van der Waals surface area contributed by atoms with Crippen LogP contribution in [0.4, 0.5) is 0 Å². The van der Waals surface area contributed by atoms with E-state index in [1.54, 1.807) is 18.6 Å². The summed E-state index contributed by atoms with van der Waals surface area (Å²) >= 11 is 0. The van der Waals surface area contributed by atoms with Gasteiger partial charge in [-0.25, -0.2) is 0 Å². The molecule has 1 unspecified atom stereocenters. The molecular weight excluding hydrogens is 226 g/mol. The van der Waals surface area contributed by atoms with Gasteiger partial charge in [0, 0.05) is 30.7 Å². The fourth-order valence-corrected chi connectivity index (χ4v) is 1.73. The van der Waals surface area contributed by atoms with Crippen molar-refractivity contribution in [3.63, 3.8) is 0 Å². The van der Waals surface area contributed by atoms with Gasteiger partial charge in [0.2, 0.25) is 0 Å². The lowest BCUT2D eigenvalue weighted by atomic mass is 10.1. The van der Waals surface area contributed by atoms with E-state index in [-0.39, 0.29) is 6.04 Å². The van der Waals surface area contributed by atoms with Crippen LogP contribution < -0.4 is 11.3 Å². The number of nitrogens with two attached hydrogens (primary N) is 1. The molecule has 0 aliphatic heterocycles. The molecule has 0 saturated carbocycles. The van der Waals surface area contributed by atoms with Crippen LogP contribution in [0.3, 0.4) is 0 Å². The van der Waals surface area contributed by atoms with Crippen molar-refractivity contribution in [1.29, 1.82) is 0 Å². The molecule has 0 aliphatic rings. The number of aryl methyl sites for hydroxylation is 1. The molecule has 2 rings (SSSR count). The lowest BCUT2D eigenvalue weighted by Gasteiger charge is -2.14. The topological polar surface area (TPSA) is 76.7 Å². The Hall–Kier alpha value is -1.85. The van der Waals surface area contributed by atoms with Crippen molar-refractivity contribution in [2.24, 2.45) is 5.84 Å². The first-order valence-electron chi connectivity index (χ1n) is 5.99. The van der Waals surface area contributed by atoms with Gasteiger partial charge in [-0.1, -0.05) is 13.0 Å². The van der Waals surface area contributed by atoms with Crippen LogP contribution in [0.15, 0.2) is 36.9 Å². The SMILES string of the molecule is CCc1ccc(CC(NN)c2cnccn2)nc1. The first-order valence-corrected chi connectivity index (χ1v) is 5.99. The minimum Gasteiger partial charge on any atom is -0.271 e. The number of rotatable bonds is 5. The van der Waals surface area contributed by atoms with Crippen LogP contribution in [0.1, 0.15) is 29.9 Å². The maximum absolute atomic E-state index is 5.56. The number of hydrazine groups is 1. The fraction of sp³-hybridized carbons (Fsp3) is 0.308. The van der Waals surface area contributed by atoms with Gasteiger partial charge >= 0.3 is 0 Å². The maximum atomic E-state index is 5.56. The molecule has 0 saturated heterocycles. The summed E-state index contributed by atoms with van der Waals surface area (Å²) in [5, 5.41) is 0. The molecule has 3 N–H and O–H groups in total. The number of hydrogen-bond donors (Lipinski definition) is 2. The molecule has 0 spiro atoms. The Morgan fingerprint density at radius 1 is 1.22 bits per heavy atom. The number of nitrogens with one attached hydrogen (secondary N) is 1. The van der Waals surface area contributed by atoms with Crippen molar-refractivity contribution in [1.82, 2.24) is 20.4 Å². The van der Waals surface area contributed by atoms with Gasteiger partial charge in [-0.15, -0.1) is 0 Å². The van der Waals surface area contributed by atoms with E-state index in [1.807, 2.05) is 12.3 Å². The average molecular weight is 243 g/mol. The van der Waals surface area contributed by atoms with Crippen molar-refractivity contribution in [3.8, 4) is 0 Å². The van der Waals surface area contributed by atoms with E-state index >= 15 is 0 Å². The van der Waals surface area contributed by atoms with Crippen LogP contribution in [0.25, 0.3) is 0 Å². The van der Waals surface area contributed by atoms with Crippen molar-refractivity contribution >= 4 is 0 Å². The molecule has 0 aromatic carbocycles. The summed E-state index contributed by atoms with van der Waals surface area (Å²) in [5.41, 5.74) is 5.79. The highest BCUT2D eigenvalue weighted by Crippen LogP contribution is 2.13. The van der Waals surface area contributed by atoms with E-state index in [2.05, 4.69) is 33.4 Å². The van der Waals surface area contributed by atoms with E-state index < -0.39 is 0 Å². The van der Waals surface area contributed by atoms with Crippen LogP contribution in [0.2, 0.25) is 0 Å². The van der Waals surface area contributed by atoms with Crippen LogP contribution >= 0.6 is 0 Å². The molecule has 0 radical (unpaired) electrons. The van der Waals surface area contributed by atoms with Gasteiger partial charge in [0.1, 0.15) is 0 Å². The highest BCUT2D eigenvalue weighted by molar-refractivity contribution is 5.16. The minimum absolute atomic E-state index is 0.0707. The Morgan fingerprint density at radius 3 is 2.67 bits per heavy atom. The molecule has 2 aromatic heterocycles. The molecule has 0 bridgehead atoms. The van der Waals surface area contributed by atoms with Gasteiger partial charge < -0.3 is 0 Å². The first-order chi connectivity index (χ1) is 8.83. The van der Waals surface area contributed by atoms with Crippen LogP contribution in [0.5, 0.6) is 0 Å². The third-order valence-corrected chi connectivity index (χ3v) is 2.85. The third-order valence-electron chi connectivity index (χ3n) is 2.85. The van der Waals surface area contributed by atoms with E-state index in [9.17, 15) is 0 Å². The molecule has 0 fully saturated rings. The number of pyridine rings is 1. The minimum atomic E-state index is -0.0707. The summed E-state index contributed by atoms with van der Waals surface area (Å²) in [6, 6.07) is 4.05. The molecule has 5 nitrogen and oxygen atoms in total. The lowest BCUT2D eigenvalue weighted by molar-refractivity contribution is 0.530. The van der Waals surface area contributed by atoms with E-state index in [4.69, 9.17) is 5.84 Å². The summed E-state index contributed by atoms with van der Waals surface area (Å²) in [4.78, 5) is 12.7. The number of nitrogens with zero attached hydrogens (tertiary/aromatic N) is 3. The number of aromatic nitrogens is 3. The summed E-state index contributed by atoms with van der Waals surface area (Å²) in [6.07, 6.45) is 8.61. The average Bonchev–Trinajstić information content (AvgIpc) is 2.46. The highest BCUT2D eigenvalue weighted by Gasteiger charge is 2.12. The molecule has 0 amide bonds. The smallest absolute Gasteiger partial charge is 0.0773 e. The molecule has 0 aliphatic carbocycles. The van der Waals surface area contributed by atoms with Gasteiger partial charge in [0.25, 0.3) is 0 Å². The van der Waals surface area contributed by atoms with Gasteiger partial charge in [0.05, 0.1) is 17.9 Å². The quantitative estimate of drug-likeness (QED) is 0.609. The van der Waals surface area contributed by atoms with E-state index in [0.717, 1.165) is 17.8 Å². The van der Waals surface area contributed by atoms with Crippen molar-refractivity contribution in [2.75, 3.05) is 0 Å². The highest BCUT2D eigenvalue weighted by atomic mass is 15.2. The number of hydrogen-bond acceptors (Lipinski definition) is 5. The second-order valence-corrected chi connectivity index (χ2v) is 4.06. The van der Waals surface area contributed by atoms with Gasteiger partial charge in [-0.2, -0.15) is 0 Å². The third kappa shape index (κ3) is 3.09. The Morgan fingerprint density at radius 2 is 2.11 bits per heavy atom. The van der Waals surface area contributed by atoms with E-state index in [1.165, 1.54) is 5.56 Å². The molecule has 2 aromatic rings. The molecule has 2 heterocycles. The van der Waals surface area contributed by atoms with E-state index in [0.29, 0.717) is 6.42 Å². The van der Waals surface area contributed by atoms with Crippen LogP contribution in [-0.2, 0) is 12.8 Å². The zero-order valence-electron chi connectivity index (χ0n) is 10.4. The van der Waals surface area contributed by atoms with Crippen molar-refractivity contribution in [3.05, 3.63) is 53.9 Å². The molecular formula is C13H17N5. The van der Waals surface area contributed by atoms with Gasteiger partial charge in [-0.3, -0.25) is 26.2 Å². The predicted octanol–water partition coefficient (Wildman–Crippen LogP) is 1.18. The summed E-state index contributed by atoms with van der Waals surface area (Å²) < 4.78 is 0. The zero-order chi connectivity index (χ0) is 12.8. The van der Waals surface area contributed by atoms with Crippen LogP contribution in [0, 0.1) is 0 Å². The Balaban J connectivity index is 2.10. The molecule has 5 heteroatoms. The zero-order valence-corrected chi connectivity index (χ0v) is 10.4. The normalized spacial score (nSPS) is 12.3. The maximum Gasteiger partial charge on any atom is 0.0773 e. The second-order valence-electron chi connectivity index (χ2n) is 4.06. The Labute approximate surface area is 106 Å². The Bertz CT molecular complexity index is 469. The van der Waals surface area contributed by atoms with Gasteiger partial charge in [-0.05, 0) is 18.1 Å². The first kappa shape index (κ1) is 12.6. The standard InChI is InChI=1S/C13H17N5/c1-2-10-3-4-11(17-8-10)7-12(18-14)13-9-15-5-6-16-13/h3-6,8-9,12,18H,2,7,14H2,1H3. The lowest BCUT2D eigenvalue weighted by Crippen LogP contribution is -2.30. The monoisotopic (exact) mass is 243 g/mol. The fourth-order valence-electron chi connectivity index (χ4n) is 1.73. The largest absolute Gasteiger partial charge is 0.271 e.